The molecule has 0 spiro atoms. The first kappa shape index (κ1) is 26.2. The van der Waals surface area contributed by atoms with E-state index in [2.05, 4.69) is 4.74 Å². The molecule has 36 heavy (non-hydrogen) atoms. The summed E-state index contributed by atoms with van der Waals surface area (Å²) in [4.78, 5) is 26.4. The molecule has 2 aliphatic rings. The van der Waals surface area contributed by atoms with Crippen molar-refractivity contribution in [1.82, 2.24) is 9.21 Å². The zero-order valence-corrected chi connectivity index (χ0v) is 20.6. The molecule has 2 aliphatic heterocycles. The molecule has 2 atom stereocenters. The molecular formula is C23H22ClF3N2O6S. The van der Waals surface area contributed by atoms with E-state index >= 15 is 0 Å². The second-order valence-corrected chi connectivity index (χ2v) is 10.7. The van der Waals surface area contributed by atoms with Crippen LogP contribution in [0.25, 0.3) is 0 Å². The maximum Gasteiger partial charge on any atom is 0.573 e. The summed E-state index contributed by atoms with van der Waals surface area (Å²) in [5.41, 5.74) is -0.138. The lowest BCUT2D eigenvalue weighted by molar-refractivity contribution is -0.274. The van der Waals surface area contributed by atoms with Gasteiger partial charge in [0.1, 0.15) is 5.75 Å². The smallest absolute Gasteiger partial charge is 0.462 e. The molecule has 0 N–H and O–H groups in total. The Balaban J connectivity index is 1.53. The van der Waals surface area contributed by atoms with Gasteiger partial charge >= 0.3 is 12.3 Å². The number of nitrogens with zero attached hydrogens (tertiary/aromatic N) is 2. The molecule has 8 nitrogen and oxygen atoms in total. The van der Waals surface area contributed by atoms with Gasteiger partial charge in [-0.15, -0.1) is 13.2 Å². The van der Waals surface area contributed by atoms with Crippen molar-refractivity contribution in [3.8, 4) is 5.75 Å². The van der Waals surface area contributed by atoms with E-state index in [0.29, 0.717) is 6.42 Å². The highest BCUT2D eigenvalue weighted by atomic mass is 35.5. The van der Waals surface area contributed by atoms with Crippen molar-refractivity contribution in [3.63, 3.8) is 0 Å². The molecule has 2 fully saturated rings. The minimum atomic E-state index is -5.00. The van der Waals surface area contributed by atoms with Gasteiger partial charge in [0.15, 0.2) is 0 Å². The Kier molecular flexibility index (Phi) is 7.22. The molecule has 0 aliphatic carbocycles. The third-order valence-electron chi connectivity index (χ3n) is 6.18. The molecule has 1 amide bonds. The maximum atomic E-state index is 13.2. The average molecular weight is 547 g/mol. The highest BCUT2D eigenvalue weighted by Crippen LogP contribution is 2.37. The molecule has 0 radical (unpaired) electrons. The minimum absolute atomic E-state index is 0.0194. The summed E-state index contributed by atoms with van der Waals surface area (Å²) in [7, 11) is -3.94. The van der Waals surface area contributed by atoms with Crippen LogP contribution in [0.4, 0.5) is 13.2 Å². The number of ether oxygens (including phenoxy) is 2. The first-order valence-corrected chi connectivity index (χ1v) is 12.9. The first-order chi connectivity index (χ1) is 16.9. The molecule has 4 rings (SSSR count). The number of esters is 1. The van der Waals surface area contributed by atoms with E-state index in [1.807, 2.05) is 0 Å². The SMILES string of the molecule is CCOC(=O)c1ccc(S(=O)(=O)N2C[C@H]3CCN(C(=O)c4cc(Cl)ccc4OC(F)(F)F)[C@@H]3C2)cc1. The number of hydrogen-bond donors (Lipinski definition) is 0. The molecule has 194 valence electrons. The third kappa shape index (κ3) is 5.30. The Labute approximate surface area is 210 Å². The topological polar surface area (TPSA) is 93.2 Å². The summed E-state index contributed by atoms with van der Waals surface area (Å²) < 4.78 is 75.1. The van der Waals surface area contributed by atoms with Crippen molar-refractivity contribution in [2.24, 2.45) is 5.92 Å². The van der Waals surface area contributed by atoms with Gasteiger partial charge in [0.05, 0.1) is 22.6 Å². The van der Waals surface area contributed by atoms with Gasteiger partial charge in [-0.05, 0) is 61.7 Å². The normalized spacial score (nSPS) is 20.3. The van der Waals surface area contributed by atoms with Gasteiger partial charge < -0.3 is 14.4 Å². The molecule has 13 heteroatoms. The summed E-state index contributed by atoms with van der Waals surface area (Å²) in [5.74, 6) is -2.15. The van der Waals surface area contributed by atoms with Crippen molar-refractivity contribution in [2.75, 3.05) is 26.2 Å². The number of benzene rings is 2. The molecule has 2 aromatic rings. The number of halogens is 4. The number of carbonyl (C=O) groups is 2. The minimum Gasteiger partial charge on any atom is -0.462 e. The molecule has 0 saturated carbocycles. The first-order valence-electron chi connectivity index (χ1n) is 11.0. The summed E-state index contributed by atoms with van der Waals surface area (Å²) in [6.45, 7) is 2.23. The fraction of sp³-hybridized carbons (Fsp3) is 0.391. The highest BCUT2D eigenvalue weighted by Gasteiger charge is 2.47. The van der Waals surface area contributed by atoms with Crippen LogP contribution >= 0.6 is 11.6 Å². The van der Waals surface area contributed by atoms with E-state index in [1.54, 1.807) is 6.92 Å². The van der Waals surface area contributed by atoms with E-state index in [4.69, 9.17) is 16.3 Å². The van der Waals surface area contributed by atoms with E-state index in [1.165, 1.54) is 39.5 Å². The van der Waals surface area contributed by atoms with Crippen LogP contribution in [0.3, 0.4) is 0 Å². The summed E-state index contributed by atoms with van der Waals surface area (Å²) in [6, 6.07) is 8.08. The van der Waals surface area contributed by atoms with Gasteiger partial charge in [-0.1, -0.05) is 11.6 Å². The van der Waals surface area contributed by atoms with Gasteiger partial charge in [-0.3, -0.25) is 4.79 Å². The fourth-order valence-corrected chi connectivity index (χ4v) is 6.22. The van der Waals surface area contributed by atoms with Crippen molar-refractivity contribution in [1.29, 1.82) is 0 Å². The monoisotopic (exact) mass is 546 g/mol. The van der Waals surface area contributed by atoms with Crippen molar-refractivity contribution < 1.29 is 40.7 Å². The van der Waals surface area contributed by atoms with Crippen LogP contribution in [0.5, 0.6) is 5.75 Å². The van der Waals surface area contributed by atoms with Gasteiger partial charge in [0.2, 0.25) is 10.0 Å². The summed E-state index contributed by atoms with van der Waals surface area (Å²) in [5, 5.41) is 0.0607. The van der Waals surface area contributed by atoms with Gasteiger partial charge in [0.25, 0.3) is 5.91 Å². The zero-order chi connectivity index (χ0) is 26.3. The second-order valence-electron chi connectivity index (χ2n) is 8.37. The quantitative estimate of drug-likeness (QED) is 0.509. The van der Waals surface area contributed by atoms with Crippen LogP contribution in [-0.2, 0) is 14.8 Å². The van der Waals surface area contributed by atoms with Crippen LogP contribution in [0.1, 0.15) is 34.1 Å². The van der Waals surface area contributed by atoms with Gasteiger partial charge in [-0.2, -0.15) is 4.31 Å². The maximum absolute atomic E-state index is 13.2. The van der Waals surface area contributed by atoms with Crippen molar-refractivity contribution in [3.05, 3.63) is 58.6 Å². The molecule has 2 heterocycles. The van der Waals surface area contributed by atoms with Gasteiger partial charge in [0, 0.05) is 30.7 Å². The lowest BCUT2D eigenvalue weighted by Crippen LogP contribution is -2.41. The van der Waals surface area contributed by atoms with Crippen LogP contribution in [0, 0.1) is 5.92 Å². The van der Waals surface area contributed by atoms with E-state index < -0.39 is 40.1 Å². The van der Waals surface area contributed by atoms with Crippen molar-refractivity contribution >= 4 is 33.5 Å². The van der Waals surface area contributed by atoms with Crippen LogP contribution in [0.2, 0.25) is 5.02 Å². The zero-order valence-electron chi connectivity index (χ0n) is 19.0. The molecule has 0 unspecified atom stereocenters. The lowest BCUT2D eigenvalue weighted by atomic mass is 10.0. The van der Waals surface area contributed by atoms with Crippen LogP contribution < -0.4 is 4.74 Å². The van der Waals surface area contributed by atoms with E-state index in [0.717, 1.165) is 12.1 Å². The number of rotatable bonds is 6. The van der Waals surface area contributed by atoms with E-state index in [-0.39, 0.29) is 53.2 Å². The largest absolute Gasteiger partial charge is 0.573 e. The predicted molar refractivity (Wildman–Crippen MR) is 122 cm³/mol. The second kappa shape index (κ2) is 9.91. The van der Waals surface area contributed by atoms with E-state index in [9.17, 15) is 31.2 Å². The molecule has 0 aromatic heterocycles. The summed E-state index contributed by atoms with van der Waals surface area (Å²) in [6.07, 6.45) is -4.52. The third-order valence-corrected chi connectivity index (χ3v) is 8.26. The molecular weight excluding hydrogens is 525 g/mol. The number of likely N-dealkylation sites (tertiary alicyclic amines) is 1. The lowest BCUT2D eigenvalue weighted by Gasteiger charge is -2.26. The Morgan fingerprint density at radius 2 is 1.81 bits per heavy atom. The molecule has 2 saturated heterocycles. The number of fused-ring (bicyclic) bond motifs is 1. The highest BCUT2D eigenvalue weighted by molar-refractivity contribution is 7.89. The fourth-order valence-electron chi connectivity index (χ4n) is 4.54. The Hall–Kier alpha value is -2.83. The Morgan fingerprint density at radius 1 is 1.11 bits per heavy atom. The number of alkyl halides is 3. The number of sulfonamides is 1. The van der Waals surface area contributed by atoms with Gasteiger partial charge in [-0.25, -0.2) is 13.2 Å². The Morgan fingerprint density at radius 3 is 2.44 bits per heavy atom. The standard InChI is InChI=1S/C23H22ClF3N2O6S/c1-2-34-22(31)14-3-6-17(7-4-14)36(32,33)28-12-15-9-10-29(19(15)13-28)21(30)18-11-16(24)5-8-20(18)35-23(25,26)27/h3-8,11,15,19H,2,9-10,12-13H2,1H3/t15-,19-/m1/s1. The average Bonchev–Trinajstić information content (AvgIpc) is 3.41. The molecule has 2 aromatic carbocycles. The molecule has 0 bridgehead atoms. The summed E-state index contributed by atoms with van der Waals surface area (Å²) >= 11 is 5.93. The van der Waals surface area contributed by atoms with Crippen molar-refractivity contribution in [2.45, 2.75) is 30.6 Å². The number of carbonyl (C=O) groups excluding carboxylic acids is 2. The van der Waals surface area contributed by atoms with Crippen LogP contribution in [-0.4, -0.2) is 68.1 Å². The predicted octanol–water partition coefficient (Wildman–Crippen LogP) is 3.95. The number of amides is 1. The number of hydrogen-bond acceptors (Lipinski definition) is 6. The van der Waals surface area contributed by atoms with Crippen LogP contribution in [0.15, 0.2) is 47.4 Å². The Bertz CT molecular complexity index is 1270.